The molecule has 20 heavy (non-hydrogen) atoms. The van der Waals surface area contributed by atoms with Crippen molar-refractivity contribution in [1.29, 1.82) is 0 Å². The summed E-state index contributed by atoms with van der Waals surface area (Å²) in [6, 6.07) is 3.40. The summed E-state index contributed by atoms with van der Waals surface area (Å²) in [5.74, 6) is 0.341. The lowest BCUT2D eigenvalue weighted by Gasteiger charge is -2.15. The molecule has 2 rings (SSSR count). The van der Waals surface area contributed by atoms with Crippen LogP contribution in [0.2, 0.25) is 0 Å². The quantitative estimate of drug-likeness (QED) is 0.791. The monoisotopic (exact) mass is 281 g/mol. The van der Waals surface area contributed by atoms with Gasteiger partial charge < -0.3 is 9.32 Å². The van der Waals surface area contributed by atoms with Crippen LogP contribution in [-0.4, -0.2) is 27.4 Å². The van der Waals surface area contributed by atoms with E-state index in [2.05, 4.69) is 4.98 Å². The van der Waals surface area contributed by atoms with Crippen LogP contribution in [0, 0.1) is 0 Å². The lowest BCUT2D eigenvalue weighted by atomic mass is 10.3. The number of alkyl halides is 2. The summed E-state index contributed by atoms with van der Waals surface area (Å²) in [6.45, 7) is -2.67. The van der Waals surface area contributed by atoms with Gasteiger partial charge in [0.25, 0.3) is 0 Å². The fourth-order valence-electron chi connectivity index (χ4n) is 1.60. The number of nitrogens with zero attached hydrogens (tertiary/aromatic N) is 3. The van der Waals surface area contributed by atoms with Crippen molar-refractivity contribution in [3.8, 4) is 0 Å². The van der Waals surface area contributed by atoms with Gasteiger partial charge in [0.2, 0.25) is 5.91 Å². The Morgan fingerprint density at radius 2 is 2.40 bits per heavy atom. The smallest absolute Gasteiger partial charge is 0.319 e. The maximum atomic E-state index is 12.6. The molecule has 0 radical (unpaired) electrons. The Morgan fingerprint density at radius 1 is 1.60 bits per heavy atom. The Hall–Kier alpha value is -2.44. The Labute approximate surface area is 114 Å². The number of carbonyl (C=O) groups excluding carboxylic acids is 1. The highest BCUT2D eigenvalue weighted by molar-refractivity contribution is 5.91. The van der Waals surface area contributed by atoms with E-state index in [1.807, 2.05) is 0 Å². The molecule has 0 aliphatic rings. The molecular weight excluding hydrogens is 268 g/mol. The third-order valence-electron chi connectivity index (χ3n) is 2.65. The molecular formula is C13H13F2N3O2. The average Bonchev–Trinajstić information content (AvgIpc) is 3.06. The molecule has 0 unspecified atom stereocenters. The molecule has 0 aliphatic carbocycles. The number of rotatable bonds is 5. The van der Waals surface area contributed by atoms with Crippen LogP contribution in [0.25, 0.3) is 6.08 Å². The molecule has 0 atom stereocenters. The summed E-state index contributed by atoms with van der Waals surface area (Å²) in [4.78, 5) is 16.9. The van der Waals surface area contributed by atoms with Crippen molar-refractivity contribution >= 4 is 12.0 Å². The topological polar surface area (TPSA) is 51.3 Å². The molecule has 0 aliphatic heterocycles. The zero-order valence-corrected chi connectivity index (χ0v) is 10.7. The summed E-state index contributed by atoms with van der Waals surface area (Å²) in [7, 11) is 1.51. The van der Waals surface area contributed by atoms with Gasteiger partial charge >= 0.3 is 6.55 Å². The minimum atomic E-state index is -2.67. The maximum Gasteiger partial charge on any atom is 0.319 e. The van der Waals surface area contributed by atoms with E-state index in [4.69, 9.17) is 4.42 Å². The second kappa shape index (κ2) is 6.14. The first-order chi connectivity index (χ1) is 9.58. The van der Waals surface area contributed by atoms with Crippen LogP contribution in [0.1, 0.15) is 18.1 Å². The van der Waals surface area contributed by atoms with E-state index in [9.17, 15) is 13.6 Å². The third-order valence-corrected chi connectivity index (χ3v) is 2.65. The molecule has 5 nitrogen and oxygen atoms in total. The highest BCUT2D eigenvalue weighted by atomic mass is 19.3. The van der Waals surface area contributed by atoms with Gasteiger partial charge in [-0.05, 0) is 18.2 Å². The molecule has 0 fully saturated rings. The lowest BCUT2D eigenvalue weighted by Crippen LogP contribution is -2.26. The van der Waals surface area contributed by atoms with Gasteiger partial charge in [-0.1, -0.05) is 0 Å². The first kappa shape index (κ1) is 14.0. The van der Waals surface area contributed by atoms with Crippen LogP contribution < -0.4 is 0 Å². The summed E-state index contributed by atoms with van der Waals surface area (Å²) in [5, 5.41) is 0. The predicted octanol–water partition coefficient (Wildman–Crippen LogP) is 2.54. The van der Waals surface area contributed by atoms with Crippen LogP contribution in [0.5, 0.6) is 0 Å². The van der Waals surface area contributed by atoms with Crippen molar-refractivity contribution in [3.63, 3.8) is 0 Å². The number of furan rings is 1. The zero-order chi connectivity index (χ0) is 14.5. The minimum absolute atomic E-state index is 0.00132. The highest BCUT2D eigenvalue weighted by Gasteiger charge is 2.14. The molecule has 0 saturated heterocycles. The molecule has 2 heterocycles. The zero-order valence-electron chi connectivity index (χ0n) is 10.7. The van der Waals surface area contributed by atoms with Gasteiger partial charge in [-0.25, -0.2) is 4.98 Å². The van der Waals surface area contributed by atoms with Crippen molar-refractivity contribution < 1.29 is 18.0 Å². The first-order valence-electron chi connectivity index (χ1n) is 5.84. The number of aromatic nitrogens is 2. The van der Waals surface area contributed by atoms with E-state index >= 15 is 0 Å². The Kier molecular flexibility index (Phi) is 4.29. The predicted molar refractivity (Wildman–Crippen MR) is 67.7 cm³/mol. The van der Waals surface area contributed by atoms with E-state index in [-0.39, 0.29) is 18.3 Å². The fraction of sp³-hybridized carbons (Fsp3) is 0.231. The van der Waals surface area contributed by atoms with Gasteiger partial charge in [0.15, 0.2) is 0 Å². The van der Waals surface area contributed by atoms with E-state index in [1.54, 1.807) is 12.1 Å². The van der Waals surface area contributed by atoms with Crippen LogP contribution in [0.3, 0.4) is 0 Å². The van der Waals surface area contributed by atoms with Gasteiger partial charge in [0.1, 0.15) is 11.6 Å². The molecule has 2 aromatic heterocycles. The van der Waals surface area contributed by atoms with Gasteiger partial charge in [-0.3, -0.25) is 9.36 Å². The van der Waals surface area contributed by atoms with Crippen LogP contribution in [0.4, 0.5) is 8.78 Å². The van der Waals surface area contributed by atoms with Gasteiger partial charge in [0, 0.05) is 25.5 Å². The van der Waals surface area contributed by atoms with Gasteiger partial charge in [0.05, 0.1) is 12.8 Å². The number of likely N-dealkylation sites (N-methyl/N-ethyl adjacent to an activating group) is 1. The van der Waals surface area contributed by atoms with Gasteiger partial charge in [-0.15, -0.1) is 0 Å². The Bertz CT molecular complexity index is 591. The van der Waals surface area contributed by atoms with Crippen LogP contribution in [-0.2, 0) is 11.3 Å². The molecule has 0 saturated carbocycles. The molecule has 1 amide bonds. The molecule has 0 bridgehead atoms. The maximum absolute atomic E-state index is 12.6. The summed E-state index contributed by atoms with van der Waals surface area (Å²) >= 11 is 0. The van der Waals surface area contributed by atoms with Crippen LogP contribution in [0.15, 0.2) is 41.3 Å². The van der Waals surface area contributed by atoms with Crippen molar-refractivity contribution in [1.82, 2.24) is 14.5 Å². The lowest BCUT2D eigenvalue weighted by molar-refractivity contribution is -0.125. The molecule has 0 aromatic carbocycles. The number of amides is 1. The highest BCUT2D eigenvalue weighted by Crippen LogP contribution is 2.13. The third kappa shape index (κ3) is 3.31. The Morgan fingerprint density at radius 3 is 3.05 bits per heavy atom. The normalized spacial score (nSPS) is 11.4. The number of imidazole rings is 1. The van der Waals surface area contributed by atoms with Gasteiger partial charge in [-0.2, -0.15) is 8.78 Å². The molecule has 0 N–H and O–H groups in total. The first-order valence-corrected chi connectivity index (χ1v) is 5.84. The van der Waals surface area contributed by atoms with Crippen LogP contribution >= 0.6 is 0 Å². The van der Waals surface area contributed by atoms with Crippen molar-refractivity contribution in [3.05, 3.63) is 48.5 Å². The molecule has 0 spiro atoms. The Balaban J connectivity index is 1.99. The largest absolute Gasteiger partial charge is 0.465 e. The fourth-order valence-corrected chi connectivity index (χ4v) is 1.60. The second-order valence-corrected chi connectivity index (χ2v) is 4.07. The molecule has 2 aromatic rings. The van der Waals surface area contributed by atoms with E-state index in [0.717, 1.165) is 4.57 Å². The molecule has 7 heteroatoms. The summed E-state index contributed by atoms with van der Waals surface area (Å²) in [5.41, 5.74) is 0. The number of hydrogen-bond acceptors (Lipinski definition) is 3. The van der Waals surface area contributed by atoms with E-state index in [0.29, 0.717) is 5.76 Å². The van der Waals surface area contributed by atoms with E-state index < -0.39 is 6.55 Å². The van der Waals surface area contributed by atoms with Crippen molar-refractivity contribution in [2.45, 2.75) is 13.1 Å². The number of hydrogen-bond donors (Lipinski definition) is 0. The second-order valence-electron chi connectivity index (χ2n) is 4.07. The minimum Gasteiger partial charge on any atom is -0.465 e. The average molecular weight is 281 g/mol. The van der Waals surface area contributed by atoms with E-state index in [1.165, 1.54) is 42.8 Å². The van der Waals surface area contributed by atoms with Crippen molar-refractivity contribution in [2.75, 3.05) is 7.05 Å². The van der Waals surface area contributed by atoms with Crippen molar-refractivity contribution in [2.24, 2.45) is 0 Å². The standard InChI is InChI=1S/C13H13F2N3O2/c1-17(9-11-16-6-7-18(11)13(14)15)12(19)5-4-10-3-2-8-20-10/h2-8,13H,9H2,1H3/b5-4+. The summed E-state index contributed by atoms with van der Waals surface area (Å²) < 4.78 is 31.0. The summed E-state index contributed by atoms with van der Waals surface area (Å²) in [6.07, 6.45) is 6.77. The number of halogens is 2. The SMILES string of the molecule is CN(Cc1nccn1C(F)F)C(=O)/C=C/c1ccco1. The number of carbonyl (C=O) groups is 1. The molecule has 106 valence electrons.